The molecular formula is C19H19NO3S2. The maximum atomic E-state index is 12.4. The first-order valence-corrected chi connectivity index (χ1v) is 10.0. The van der Waals surface area contributed by atoms with Crippen LogP contribution in [0.25, 0.3) is 0 Å². The van der Waals surface area contributed by atoms with Crippen LogP contribution in [0, 0.1) is 0 Å². The molecule has 3 rings (SSSR count). The number of nitrogens with zero attached hydrogens (tertiary/aromatic N) is 1. The highest BCUT2D eigenvalue weighted by Crippen LogP contribution is 2.26. The Kier molecular flexibility index (Phi) is 6.82. The van der Waals surface area contributed by atoms with Gasteiger partial charge < -0.3 is 9.47 Å². The maximum Gasteiger partial charge on any atom is 0.338 e. The van der Waals surface area contributed by atoms with Gasteiger partial charge in [-0.25, -0.2) is 4.79 Å². The monoisotopic (exact) mass is 373 g/mol. The van der Waals surface area contributed by atoms with E-state index in [-0.39, 0.29) is 12.6 Å². The van der Waals surface area contributed by atoms with Crippen molar-refractivity contribution in [3.05, 3.63) is 65.7 Å². The number of aliphatic imine (C=N–C) groups is 1. The third-order valence-corrected chi connectivity index (χ3v) is 5.78. The minimum atomic E-state index is -0.311. The molecule has 0 saturated heterocycles. The van der Waals surface area contributed by atoms with E-state index < -0.39 is 0 Å². The lowest BCUT2D eigenvalue weighted by molar-refractivity contribution is 0.0449. The van der Waals surface area contributed by atoms with Gasteiger partial charge in [0.1, 0.15) is 23.3 Å². The summed E-state index contributed by atoms with van der Waals surface area (Å²) in [4.78, 5) is 16.8. The summed E-state index contributed by atoms with van der Waals surface area (Å²) in [7, 11) is 0. The molecule has 0 unspecified atom stereocenters. The molecule has 0 aromatic heterocycles. The molecule has 0 N–H and O–H groups in total. The van der Waals surface area contributed by atoms with E-state index in [9.17, 15) is 4.79 Å². The number of hydrogen-bond donors (Lipinski definition) is 0. The largest absolute Gasteiger partial charge is 0.490 e. The second-order valence-corrected chi connectivity index (χ2v) is 7.55. The molecule has 2 aromatic rings. The topological polar surface area (TPSA) is 47.9 Å². The molecule has 130 valence electrons. The van der Waals surface area contributed by atoms with Crippen molar-refractivity contribution in [3.8, 4) is 5.75 Å². The predicted molar refractivity (Wildman–Crippen MR) is 105 cm³/mol. The fourth-order valence-corrected chi connectivity index (χ4v) is 4.29. The van der Waals surface area contributed by atoms with Crippen molar-refractivity contribution in [2.24, 2.45) is 4.99 Å². The van der Waals surface area contributed by atoms with Crippen LogP contribution in [-0.4, -0.2) is 35.9 Å². The molecule has 0 spiro atoms. The summed E-state index contributed by atoms with van der Waals surface area (Å²) in [5, 5.41) is 0. The third kappa shape index (κ3) is 5.54. The SMILES string of the molecule is O=C(OCCOc1ccccc1)c1ccccc1CSC1=NCCS1. The van der Waals surface area contributed by atoms with E-state index in [0.717, 1.165) is 33.7 Å². The minimum Gasteiger partial charge on any atom is -0.490 e. The van der Waals surface area contributed by atoms with Crippen LogP contribution in [-0.2, 0) is 10.5 Å². The number of para-hydroxylation sites is 1. The van der Waals surface area contributed by atoms with Crippen molar-refractivity contribution < 1.29 is 14.3 Å². The van der Waals surface area contributed by atoms with Crippen LogP contribution in [0.2, 0.25) is 0 Å². The number of ether oxygens (including phenoxy) is 2. The Labute approximate surface area is 156 Å². The Hall–Kier alpha value is -1.92. The van der Waals surface area contributed by atoms with Gasteiger partial charge in [-0.05, 0) is 23.8 Å². The van der Waals surface area contributed by atoms with Crippen molar-refractivity contribution in [2.75, 3.05) is 25.5 Å². The van der Waals surface area contributed by atoms with Crippen LogP contribution < -0.4 is 4.74 Å². The van der Waals surface area contributed by atoms with E-state index in [2.05, 4.69) is 4.99 Å². The lowest BCUT2D eigenvalue weighted by atomic mass is 10.1. The number of hydrogen-bond acceptors (Lipinski definition) is 6. The molecule has 1 heterocycles. The highest BCUT2D eigenvalue weighted by atomic mass is 32.2. The summed E-state index contributed by atoms with van der Waals surface area (Å²) in [6.07, 6.45) is 0. The van der Waals surface area contributed by atoms with Crippen molar-refractivity contribution >= 4 is 33.9 Å². The smallest absolute Gasteiger partial charge is 0.338 e. The van der Waals surface area contributed by atoms with Crippen molar-refractivity contribution in [1.29, 1.82) is 0 Å². The zero-order valence-corrected chi connectivity index (χ0v) is 15.4. The van der Waals surface area contributed by atoms with Crippen molar-refractivity contribution in [2.45, 2.75) is 5.75 Å². The van der Waals surface area contributed by atoms with Gasteiger partial charge in [0.15, 0.2) is 0 Å². The lowest BCUT2D eigenvalue weighted by Crippen LogP contribution is -2.13. The molecule has 0 atom stereocenters. The molecule has 0 amide bonds. The molecule has 0 saturated carbocycles. The number of rotatable bonds is 7. The lowest BCUT2D eigenvalue weighted by Gasteiger charge is -2.10. The number of thioether (sulfide) groups is 2. The first-order valence-electron chi connectivity index (χ1n) is 8.06. The number of carbonyl (C=O) groups is 1. The van der Waals surface area contributed by atoms with Crippen molar-refractivity contribution in [3.63, 3.8) is 0 Å². The van der Waals surface area contributed by atoms with Gasteiger partial charge in [-0.1, -0.05) is 59.9 Å². The van der Waals surface area contributed by atoms with E-state index in [0.29, 0.717) is 12.2 Å². The van der Waals surface area contributed by atoms with Gasteiger partial charge in [0.25, 0.3) is 0 Å². The fourth-order valence-electron chi connectivity index (χ4n) is 2.28. The molecule has 0 fully saturated rings. The summed E-state index contributed by atoms with van der Waals surface area (Å²) >= 11 is 3.45. The Morgan fingerprint density at radius 3 is 2.68 bits per heavy atom. The molecule has 0 radical (unpaired) electrons. The molecule has 2 aromatic carbocycles. The zero-order chi connectivity index (χ0) is 17.3. The number of carbonyl (C=O) groups excluding carboxylic acids is 1. The second-order valence-electron chi connectivity index (χ2n) is 5.24. The third-order valence-electron chi connectivity index (χ3n) is 3.47. The summed E-state index contributed by atoms with van der Waals surface area (Å²) in [6.45, 7) is 1.44. The standard InChI is InChI=1S/C19H19NO3S2/c21-18(23-12-11-22-16-7-2-1-3-8-16)17-9-5-4-6-15(17)14-25-19-20-10-13-24-19/h1-9H,10-14H2. The van der Waals surface area contributed by atoms with E-state index >= 15 is 0 Å². The molecule has 1 aliphatic heterocycles. The second kappa shape index (κ2) is 9.53. The maximum absolute atomic E-state index is 12.4. The van der Waals surface area contributed by atoms with Gasteiger partial charge in [-0.2, -0.15) is 0 Å². The van der Waals surface area contributed by atoms with Crippen LogP contribution >= 0.6 is 23.5 Å². The Bertz CT molecular complexity index is 734. The Morgan fingerprint density at radius 2 is 1.88 bits per heavy atom. The summed E-state index contributed by atoms with van der Waals surface area (Å²) in [5.41, 5.74) is 1.58. The van der Waals surface area contributed by atoms with E-state index in [1.165, 1.54) is 0 Å². The van der Waals surface area contributed by atoms with Gasteiger partial charge in [0, 0.05) is 11.5 Å². The van der Waals surface area contributed by atoms with Gasteiger partial charge >= 0.3 is 5.97 Å². The molecule has 6 heteroatoms. The average molecular weight is 373 g/mol. The Morgan fingerprint density at radius 1 is 1.08 bits per heavy atom. The zero-order valence-electron chi connectivity index (χ0n) is 13.7. The highest BCUT2D eigenvalue weighted by Gasteiger charge is 2.14. The highest BCUT2D eigenvalue weighted by molar-refractivity contribution is 8.38. The van der Waals surface area contributed by atoms with Crippen LogP contribution in [0.1, 0.15) is 15.9 Å². The number of esters is 1. The van der Waals surface area contributed by atoms with E-state index in [4.69, 9.17) is 9.47 Å². The normalized spacial score (nSPS) is 13.4. The van der Waals surface area contributed by atoms with Crippen LogP contribution in [0.5, 0.6) is 5.75 Å². The van der Waals surface area contributed by atoms with Crippen LogP contribution in [0.15, 0.2) is 59.6 Å². The van der Waals surface area contributed by atoms with Crippen LogP contribution in [0.4, 0.5) is 0 Å². The summed E-state index contributed by atoms with van der Waals surface area (Å²) < 4.78 is 12.0. The molecule has 4 nitrogen and oxygen atoms in total. The molecule has 0 bridgehead atoms. The van der Waals surface area contributed by atoms with Gasteiger partial charge in [0.2, 0.25) is 0 Å². The predicted octanol–water partition coefficient (Wildman–Crippen LogP) is 4.26. The molecular weight excluding hydrogens is 354 g/mol. The fraction of sp³-hybridized carbons (Fsp3) is 0.263. The molecule has 25 heavy (non-hydrogen) atoms. The summed E-state index contributed by atoms with van der Waals surface area (Å²) in [5.74, 6) is 2.23. The minimum absolute atomic E-state index is 0.220. The Balaban J connectivity index is 1.49. The molecule has 0 aliphatic carbocycles. The van der Waals surface area contributed by atoms with Crippen molar-refractivity contribution in [1.82, 2.24) is 0 Å². The summed E-state index contributed by atoms with van der Waals surface area (Å²) in [6, 6.07) is 17.0. The first-order chi connectivity index (χ1) is 12.3. The quantitative estimate of drug-likeness (QED) is 0.536. The van der Waals surface area contributed by atoms with Gasteiger partial charge in [-0.15, -0.1) is 0 Å². The van der Waals surface area contributed by atoms with E-state index in [1.54, 1.807) is 29.6 Å². The van der Waals surface area contributed by atoms with E-state index in [1.807, 2.05) is 48.5 Å². The number of benzene rings is 2. The van der Waals surface area contributed by atoms with Crippen LogP contribution in [0.3, 0.4) is 0 Å². The van der Waals surface area contributed by atoms with Gasteiger partial charge in [0.05, 0.1) is 12.1 Å². The van der Waals surface area contributed by atoms with Gasteiger partial charge in [-0.3, -0.25) is 4.99 Å². The molecule has 1 aliphatic rings. The average Bonchev–Trinajstić information content (AvgIpc) is 3.18. The first kappa shape index (κ1) is 17.9.